The number of nitrogens with one attached hydrogen (secondary N) is 3. The third-order valence-electron chi connectivity index (χ3n) is 2.76. The molecule has 1 rings (SSSR count). The molecule has 5 nitrogen and oxygen atoms in total. The highest BCUT2D eigenvalue weighted by atomic mass is 32.2. The van der Waals surface area contributed by atoms with Gasteiger partial charge in [0.15, 0.2) is 0 Å². The molecule has 0 fully saturated rings. The molecular formula is C15H20F3N3O2S. The van der Waals surface area contributed by atoms with Crippen molar-refractivity contribution in [3.8, 4) is 0 Å². The first-order chi connectivity index (χ1) is 11.4. The second-order valence-corrected chi connectivity index (χ2v) is 5.08. The van der Waals surface area contributed by atoms with Gasteiger partial charge in [-0.15, -0.1) is 0 Å². The van der Waals surface area contributed by atoms with Crippen LogP contribution in [0.5, 0.6) is 0 Å². The molecule has 0 aliphatic heterocycles. The zero-order valence-corrected chi connectivity index (χ0v) is 14.0. The minimum Gasteiger partial charge on any atom is -0.386 e. The van der Waals surface area contributed by atoms with Gasteiger partial charge in [0.25, 0.3) is 5.91 Å². The quantitative estimate of drug-likeness (QED) is 0.443. The van der Waals surface area contributed by atoms with Crippen LogP contribution in [-0.4, -0.2) is 40.7 Å². The monoisotopic (exact) mass is 363 g/mol. The third kappa shape index (κ3) is 6.71. The van der Waals surface area contributed by atoms with E-state index in [1.165, 1.54) is 24.3 Å². The Morgan fingerprint density at radius 3 is 2.29 bits per heavy atom. The molecule has 134 valence electrons. The zero-order valence-electron chi connectivity index (χ0n) is 13.2. The number of amides is 1. The molecule has 9 heteroatoms. The molecule has 1 amide bonds. The van der Waals surface area contributed by atoms with Crippen LogP contribution < -0.4 is 5.32 Å². The molecule has 0 saturated heterocycles. The van der Waals surface area contributed by atoms with Gasteiger partial charge in [0, 0.05) is 5.56 Å². The Kier molecular flexibility index (Phi) is 10.7. The maximum Gasteiger partial charge on any atom is 0.315 e. The molecule has 0 spiro atoms. The fraction of sp³-hybridized carbons (Fsp3) is 0.400. The summed E-state index contributed by atoms with van der Waals surface area (Å²) in [7, 11) is 0. The SMILES string of the molecule is CC.N=CSC(=N)c1ccc(C(O)C(CF)NC(=O)C(F)F)cc1. The Morgan fingerprint density at radius 1 is 1.33 bits per heavy atom. The summed E-state index contributed by atoms with van der Waals surface area (Å²) in [6.45, 7) is 2.79. The molecule has 1 aromatic rings. The van der Waals surface area contributed by atoms with Crippen LogP contribution in [0.4, 0.5) is 13.2 Å². The van der Waals surface area contributed by atoms with Gasteiger partial charge in [-0.2, -0.15) is 8.78 Å². The van der Waals surface area contributed by atoms with Gasteiger partial charge in [0.2, 0.25) is 0 Å². The average molecular weight is 363 g/mol. The lowest BCUT2D eigenvalue weighted by Crippen LogP contribution is -2.43. The van der Waals surface area contributed by atoms with Crippen LogP contribution in [0, 0.1) is 10.8 Å². The van der Waals surface area contributed by atoms with Crippen molar-refractivity contribution < 1.29 is 23.1 Å². The lowest BCUT2D eigenvalue weighted by molar-refractivity contribution is -0.133. The lowest BCUT2D eigenvalue weighted by Gasteiger charge is -2.21. The lowest BCUT2D eigenvalue weighted by atomic mass is 10.0. The van der Waals surface area contributed by atoms with Crippen LogP contribution in [0.2, 0.25) is 0 Å². The smallest absolute Gasteiger partial charge is 0.315 e. The van der Waals surface area contributed by atoms with E-state index in [9.17, 15) is 23.1 Å². The number of thioether (sulfide) groups is 1. The average Bonchev–Trinajstić information content (AvgIpc) is 2.60. The number of benzene rings is 1. The number of rotatable bonds is 7. The fourth-order valence-electron chi connectivity index (χ4n) is 1.64. The molecule has 0 bridgehead atoms. The van der Waals surface area contributed by atoms with E-state index in [0.29, 0.717) is 5.56 Å². The van der Waals surface area contributed by atoms with Gasteiger partial charge < -0.3 is 15.8 Å². The van der Waals surface area contributed by atoms with Crippen LogP contribution in [-0.2, 0) is 4.79 Å². The number of hydrogen-bond acceptors (Lipinski definition) is 5. The van der Waals surface area contributed by atoms with E-state index in [4.69, 9.17) is 10.8 Å². The predicted octanol–water partition coefficient (Wildman–Crippen LogP) is 3.13. The van der Waals surface area contributed by atoms with Crippen LogP contribution in [0.25, 0.3) is 0 Å². The number of carbonyl (C=O) groups excluding carboxylic acids is 1. The van der Waals surface area contributed by atoms with Crippen molar-refractivity contribution in [2.75, 3.05) is 6.67 Å². The summed E-state index contributed by atoms with van der Waals surface area (Å²) in [4.78, 5) is 10.9. The highest BCUT2D eigenvalue weighted by molar-refractivity contribution is 8.25. The zero-order chi connectivity index (χ0) is 18.7. The summed E-state index contributed by atoms with van der Waals surface area (Å²) < 4.78 is 37.1. The van der Waals surface area contributed by atoms with Gasteiger partial charge in [0.05, 0.1) is 16.6 Å². The number of hydrogen-bond donors (Lipinski definition) is 4. The summed E-state index contributed by atoms with van der Waals surface area (Å²) in [6, 6.07) is 4.26. The van der Waals surface area contributed by atoms with Crippen LogP contribution in [0.3, 0.4) is 0 Å². The molecule has 0 heterocycles. The first-order valence-electron chi connectivity index (χ1n) is 7.07. The van der Waals surface area contributed by atoms with Gasteiger partial charge >= 0.3 is 6.43 Å². The summed E-state index contributed by atoms with van der Waals surface area (Å²) in [5, 5.41) is 26.3. The number of halogens is 3. The van der Waals surface area contributed by atoms with Crippen molar-refractivity contribution in [2.45, 2.75) is 32.4 Å². The molecule has 0 aromatic heterocycles. The first-order valence-corrected chi connectivity index (χ1v) is 7.95. The molecule has 0 radical (unpaired) electrons. The van der Waals surface area contributed by atoms with Crippen LogP contribution in [0.15, 0.2) is 24.3 Å². The van der Waals surface area contributed by atoms with Gasteiger partial charge in [-0.05, 0) is 5.56 Å². The third-order valence-corrected chi connectivity index (χ3v) is 3.35. The van der Waals surface area contributed by atoms with E-state index in [2.05, 4.69) is 0 Å². The number of alkyl halides is 3. The maximum atomic E-state index is 12.8. The summed E-state index contributed by atoms with van der Waals surface area (Å²) in [5.41, 5.74) is 1.69. The molecule has 2 unspecified atom stereocenters. The molecule has 0 aliphatic carbocycles. The molecule has 0 aliphatic rings. The Balaban J connectivity index is 0.00000254. The van der Waals surface area contributed by atoms with Crippen molar-refractivity contribution in [2.24, 2.45) is 0 Å². The van der Waals surface area contributed by atoms with E-state index >= 15 is 0 Å². The number of aliphatic hydroxyl groups excluding tert-OH is 1. The van der Waals surface area contributed by atoms with Crippen molar-refractivity contribution in [3.05, 3.63) is 35.4 Å². The Morgan fingerprint density at radius 2 is 1.88 bits per heavy atom. The number of carbonyl (C=O) groups is 1. The summed E-state index contributed by atoms with van der Waals surface area (Å²) >= 11 is 0.883. The highest BCUT2D eigenvalue weighted by Crippen LogP contribution is 2.20. The fourth-order valence-corrected chi connectivity index (χ4v) is 2.03. The minimum atomic E-state index is -3.29. The first kappa shape index (κ1) is 22.1. The second kappa shape index (κ2) is 11.6. The second-order valence-electron chi connectivity index (χ2n) is 4.20. The van der Waals surface area contributed by atoms with Crippen LogP contribution in [0.1, 0.15) is 31.1 Å². The largest absolute Gasteiger partial charge is 0.386 e. The Hall–Kier alpha value is -1.87. The molecule has 0 saturated carbocycles. The topological polar surface area (TPSA) is 97.0 Å². The van der Waals surface area contributed by atoms with Crippen molar-refractivity contribution >= 4 is 28.3 Å². The maximum absolute atomic E-state index is 12.8. The standard InChI is InChI=1S/C13H14F3N3O2S.C2H6/c14-5-9(19-13(21)11(15)16)10(20)7-1-3-8(4-2-7)12(18)22-6-17;1-2/h1-4,6,9-11,17-18,20H,5H2,(H,19,21);1-2H3. The summed E-state index contributed by atoms with van der Waals surface area (Å²) in [6.07, 6.45) is -4.78. The Bertz CT molecular complexity index is 541. The molecule has 24 heavy (non-hydrogen) atoms. The van der Waals surface area contributed by atoms with Crippen molar-refractivity contribution in [3.63, 3.8) is 0 Å². The van der Waals surface area contributed by atoms with Gasteiger partial charge in [-0.3, -0.25) is 10.2 Å². The van der Waals surface area contributed by atoms with E-state index in [1.54, 1.807) is 5.32 Å². The van der Waals surface area contributed by atoms with E-state index in [1.807, 2.05) is 13.8 Å². The van der Waals surface area contributed by atoms with E-state index < -0.39 is 31.2 Å². The molecule has 1 aromatic carbocycles. The van der Waals surface area contributed by atoms with E-state index in [0.717, 1.165) is 17.3 Å². The normalized spacial score (nSPS) is 12.6. The van der Waals surface area contributed by atoms with Gasteiger partial charge in [-0.1, -0.05) is 49.9 Å². The van der Waals surface area contributed by atoms with Gasteiger partial charge in [-0.25, -0.2) is 4.39 Å². The molecule has 4 N–H and O–H groups in total. The van der Waals surface area contributed by atoms with Crippen molar-refractivity contribution in [1.29, 1.82) is 10.8 Å². The van der Waals surface area contributed by atoms with Crippen molar-refractivity contribution in [1.82, 2.24) is 5.32 Å². The van der Waals surface area contributed by atoms with E-state index in [-0.39, 0.29) is 10.6 Å². The molecule has 2 atom stereocenters. The highest BCUT2D eigenvalue weighted by Gasteiger charge is 2.26. The number of aliphatic hydroxyl groups is 1. The minimum absolute atomic E-state index is 0.115. The predicted molar refractivity (Wildman–Crippen MR) is 89.9 cm³/mol. The summed E-state index contributed by atoms with van der Waals surface area (Å²) in [5.74, 6) is -1.65. The molecular weight excluding hydrogens is 343 g/mol. The van der Waals surface area contributed by atoms with Crippen LogP contribution >= 0.6 is 11.8 Å². The van der Waals surface area contributed by atoms with Gasteiger partial charge in [0.1, 0.15) is 12.8 Å². The Labute approximate surface area is 142 Å².